The summed E-state index contributed by atoms with van der Waals surface area (Å²) < 4.78 is 0. The first-order chi connectivity index (χ1) is 7.73. The Kier molecular flexibility index (Phi) is 4.14. The van der Waals surface area contributed by atoms with Gasteiger partial charge in [0.1, 0.15) is 0 Å². The number of piperidine rings is 1. The average Bonchev–Trinajstić information content (AvgIpc) is 2.26. The molecule has 1 atom stereocenters. The Hall–Kier alpha value is -1.10. The summed E-state index contributed by atoms with van der Waals surface area (Å²) in [5.41, 5.74) is 10.9. The van der Waals surface area contributed by atoms with Crippen molar-refractivity contribution < 1.29 is 9.59 Å². The smallest absolute Gasteiger partial charge is 0.240 e. The topological polar surface area (TPSA) is 89.4 Å². The van der Waals surface area contributed by atoms with Crippen molar-refractivity contribution in [3.05, 3.63) is 0 Å². The predicted molar refractivity (Wildman–Crippen MR) is 65.9 cm³/mol. The highest BCUT2D eigenvalue weighted by Crippen LogP contribution is 2.22. The Morgan fingerprint density at radius 3 is 2.06 bits per heavy atom. The van der Waals surface area contributed by atoms with Crippen molar-refractivity contribution in [2.45, 2.75) is 39.7 Å². The van der Waals surface area contributed by atoms with Crippen molar-refractivity contribution in [3.63, 3.8) is 0 Å². The lowest BCUT2D eigenvalue weighted by Crippen LogP contribution is -2.53. The molecule has 0 radical (unpaired) electrons. The first kappa shape index (κ1) is 14.0. The molecule has 5 heteroatoms. The van der Waals surface area contributed by atoms with Gasteiger partial charge in [-0.3, -0.25) is 9.59 Å². The summed E-state index contributed by atoms with van der Waals surface area (Å²) in [7, 11) is 0. The van der Waals surface area contributed by atoms with E-state index in [-0.39, 0.29) is 23.1 Å². The van der Waals surface area contributed by atoms with Gasteiger partial charge >= 0.3 is 0 Å². The third kappa shape index (κ3) is 3.43. The molecule has 4 N–H and O–H groups in total. The van der Waals surface area contributed by atoms with Crippen molar-refractivity contribution >= 4 is 11.8 Å². The van der Waals surface area contributed by atoms with Gasteiger partial charge in [0, 0.05) is 19.0 Å². The highest BCUT2D eigenvalue weighted by Gasteiger charge is 2.33. The molecule has 0 spiro atoms. The van der Waals surface area contributed by atoms with Crippen molar-refractivity contribution in [3.8, 4) is 0 Å². The summed E-state index contributed by atoms with van der Waals surface area (Å²) >= 11 is 0. The van der Waals surface area contributed by atoms with E-state index in [0.717, 1.165) is 0 Å². The quantitative estimate of drug-likeness (QED) is 0.717. The Morgan fingerprint density at radius 2 is 1.71 bits per heavy atom. The second-order valence-corrected chi connectivity index (χ2v) is 5.85. The van der Waals surface area contributed by atoms with Crippen LogP contribution in [0.2, 0.25) is 0 Å². The SMILES string of the molecule is CC(C)(C)C(N)C(=O)N1CCC(C(N)=O)CC1. The predicted octanol–water partition coefficient (Wildman–Crippen LogP) is 0.0837. The zero-order valence-electron chi connectivity index (χ0n) is 10.9. The fourth-order valence-electron chi connectivity index (χ4n) is 1.95. The largest absolute Gasteiger partial charge is 0.369 e. The van der Waals surface area contributed by atoms with E-state index >= 15 is 0 Å². The molecule has 1 aliphatic heterocycles. The summed E-state index contributed by atoms with van der Waals surface area (Å²) in [6.07, 6.45) is 1.30. The van der Waals surface area contributed by atoms with Crippen LogP contribution < -0.4 is 11.5 Å². The van der Waals surface area contributed by atoms with Gasteiger partial charge in [-0.1, -0.05) is 20.8 Å². The van der Waals surface area contributed by atoms with Crippen LogP contribution in [0, 0.1) is 11.3 Å². The molecule has 98 valence electrons. The Morgan fingerprint density at radius 1 is 1.24 bits per heavy atom. The van der Waals surface area contributed by atoms with Crippen LogP contribution in [0.5, 0.6) is 0 Å². The van der Waals surface area contributed by atoms with E-state index in [1.165, 1.54) is 0 Å². The molecule has 0 aromatic carbocycles. The summed E-state index contributed by atoms with van der Waals surface area (Å²) in [5, 5.41) is 0. The molecule has 0 saturated carbocycles. The second-order valence-electron chi connectivity index (χ2n) is 5.85. The van der Waals surface area contributed by atoms with E-state index < -0.39 is 6.04 Å². The molecular formula is C12H23N3O2. The highest BCUT2D eigenvalue weighted by molar-refractivity contribution is 5.83. The number of hydrogen-bond acceptors (Lipinski definition) is 3. The molecular weight excluding hydrogens is 218 g/mol. The third-order valence-electron chi connectivity index (χ3n) is 3.41. The molecule has 5 nitrogen and oxygen atoms in total. The number of primary amides is 1. The fraction of sp³-hybridized carbons (Fsp3) is 0.833. The van der Waals surface area contributed by atoms with Crippen LogP contribution in [-0.2, 0) is 9.59 Å². The zero-order chi connectivity index (χ0) is 13.2. The maximum absolute atomic E-state index is 12.1. The van der Waals surface area contributed by atoms with Gasteiger partial charge in [-0.2, -0.15) is 0 Å². The zero-order valence-corrected chi connectivity index (χ0v) is 10.9. The summed E-state index contributed by atoms with van der Waals surface area (Å²) in [6, 6.07) is -0.493. The average molecular weight is 241 g/mol. The summed E-state index contributed by atoms with van der Waals surface area (Å²) in [4.78, 5) is 24.9. The van der Waals surface area contributed by atoms with Crippen LogP contribution in [0.15, 0.2) is 0 Å². The lowest BCUT2D eigenvalue weighted by atomic mass is 9.86. The molecule has 1 fully saturated rings. The van der Waals surface area contributed by atoms with Gasteiger partial charge < -0.3 is 16.4 Å². The fourth-order valence-corrected chi connectivity index (χ4v) is 1.95. The van der Waals surface area contributed by atoms with Crippen molar-refractivity contribution in [1.82, 2.24) is 4.90 Å². The number of hydrogen-bond donors (Lipinski definition) is 2. The number of nitrogens with zero attached hydrogens (tertiary/aromatic N) is 1. The summed E-state index contributed by atoms with van der Waals surface area (Å²) in [5.74, 6) is -0.387. The lowest BCUT2D eigenvalue weighted by molar-refractivity contribution is -0.138. The number of nitrogens with two attached hydrogens (primary N) is 2. The van der Waals surface area contributed by atoms with Gasteiger partial charge in [0.15, 0.2) is 0 Å². The normalized spacial score (nSPS) is 20.1. The number of amides is 2. The van der Waals surface area contributed by atoms with Crippen LogP contribution >= 0.6 is 0 Å². The van der Waals surface area contributed by atoms with E-state index in [0.29, 0.717) is 25.9 Å². The minimum Gasteiger partial charge on any atom is -0.369 e. The first-order valence-corrected chi connectivity index (χ1v) is 6.07. The van der Waals surface area contributed by atoms with Crippen LogP contribution in [0.1, 0.15) is 33.6 Å². The molecule has 1 saturated heterocycles. The van der Waals surface area contributed by atoms with Crippen LogP contribution in [0.4, 0.5) is 0 Å². The minimum absolute atomic E-state index is 0.0274. The number of carbonyl (C=O) groups is 2. The van der Waals surface area contributed by atoms with Crippen LogP contribution in [-0.4, -0.2) is 35.8 Å². The number of likely N-dealkylation sites (tertiary alicyclic amines) is 1. The van der Waals surface area contributed by atoms with Crippen LogP contribution in [0.25, 0.3) is 0 Å². The highest BCUT2D eigenvalue weighted by atomic mass is 16.2. The van der Waals surface area contributed by atoms with Crippen molar-refractivity contribution in [2.75, 3.05) is 13.1 Å². The third-order valence-corrected chi connectivity index (χ3v) is 3.41. The van der Waals surface area contributed by atoms with Crippen LogP contribution in [0.3, 0.4) is 0 Å². The van der Waals surface area contributed by atoms with E-state index in [9.17, 15) is 9.59 Å². The van der Waals surface area contributed by atoms with E-state index in [2.05, 4.69) is 0 Å². The Balaban J connectivity index is 2.55. The molecule has 2 amide bonds. The molecule has 0 aromatic rings. The molecule has 0 aliphatic carbocycles. The van der Waals surface area contributed by atoms with Gasteiger partial charge in [-0.15, -0.1) is 0 Å². The second kappa shape index (κ2) is 5.04. The number of rotatable bonds is 2. The molecule has 17 heavy (non-hydrogen) atoms. The Bertz CT molecular complexity index is 301. The Labute approximate surface area is 103 Å². The molecule has 0 aromatic heterocycles. The standard InChI is InChI=1S/C12H23N3O2/c1-12(2,3)9(13)11(17)15-6-4-8(5-7-15)10(14)16/h8-9H,4-7,13H2,1-3H3,(H2,14,16). The molecule has 1 unspecified atom stereocenters. The monoisotopic (exact) mass is 241 g/mol. The summed E-state index contributed by atoms with van der Waals surface area (Å²) in [6.45, 7) is 7.01. The van der Waals surface area contributed by atoms with E-state index in [1.54, 1.807) is 4.90 Å². The molecule has 1 rings (SSSR count). The van der Waals surface area contributed by atoms with Gasteiger partial charge in [-0.25, -0.2) is 0 Å². The number of carbonyl (C=O) groups excluding carboxylic acids is 2. The van der Waals surface area contributed by atoms with Crippen molar-refractivity contribution in [2.24, 2.45) is 22.8 Å². The molecule has 1 heterocycles. The maximum Gasteiger partial charge on any atom is 0.240 e. The van der Waals surface area contributed by atoms with Gasteiger partial charge in [-0.05, 0) is 18.3 Å². The van der Waals surface area contributed by atoms with E-state index in [1.807, 2.05) is 20.8 Å². The van der Waals surface area contributed by atoms with Gasteiger partial charge in [0.25, 0.3) is 0 Å². The maximum atomic E-state index is 12.1. The van der Waals surface area contributed by atoms with E-state index in [4.69, 9.17) is 11.5 Å². The molecule has 1 aliphatic rings. The molecule has 0 bridgehead atoms. The van der Waals surface area contributed by atoms with Gasteiger partial charge in [0.05, 0.1) is 6.04 Å². The first-order valence-electron chi connectivity index (χ1n) is 6.07. The van der Waals surface area contributed by atoms with Crippen molar-refractivity contribution in [1.29, 1.82) is 0 Å². The lowest BCUT2D eigenvalue weighted by Gasteiger charge is -2.35. The van der Waals surface area contributed by atoms with Gasteiger partial charge in [0.2, 0.25) is 11.8 Å². The minimum atomic E-state index is -0.493.